The lowest BCUT2D eigenvalue weighted by Gasteiger charge is -2.14. The monoisotopic (exact) mass is 312 g/mol. The first-order valence-electron chi connectivity index (χ1n) is 6.06. The summed E-state index contributed by atoms with van der Waals surface area (Å²) in [7, 11) is -4.05. The van der Waals surface area contributed by atoms with E-state index in [1.54, 1.807) is 19.1 Å². The molecule has 0 unspecified atom stereocenters. The maximum atomic E-state index is 13.2. The highest BCUT2D eigenvalue weighted by Gasteiger charge is 2.19. The van der Waals surface area contributed by atoms with E-state index in [2.05, 4.69) is 4.72 Å². The first-order chi connectivity index (χ1) is 9.72. The summed E-state index contributed by atoms with van der Waals surface area (Å²) >= 11 is 0. The predicted molar refractivity (Wildman–Crippen MR) is 77.5 cm³/mol. The SMILES string of the molecule is Cc1ccc(N)c(NS(=O)(=O)c2ccc(F)c(F)c2)c1C. The fourth-order valence-corrected chi connectivity index (χ4v) is 2.97. The molecule has 2 rings (SSSR count). The number of nitrogens with two attached hydrogens (primary N) is 1. The van der Waals surface area contributed by atoms with Gasteiger partial charge in [-0.3, -0.25) is 4.72 Å². The van der Waals surface area contributed by atoms with Crippen LogP contribution in [-0.2, 0) is 10.0 Å². The number of rotatable bonds is 3. The number of sulfonamides is 1. The van der Waals surface area contributed by atoms with Crippen molar-refractivity contribution in [2.24, 2.45) is 0 Å². The molecule has 0 aromatic heterocycles. The highest BCUT2D eigenvalue weighted by molar-refractivity contribution is 7.92. The summed E-state index contributed by atoms with van der Waals surface area (Å²) in [5, 5.41) is 0. The van der Waals surface area contributed by atoms with E-state index in [1.165, 1.54) is 0 Å². The van der Waals surface area contributed by atoms with E-state index in [9.17, 15) is 17.2 Å². The Balaban J connectivity index is 2.47. The van der Waals surface area contributed by atoms with Crippen molar-refractivity contribution in [1.29, 1.82) is 0 Å². The molecule has 2 aromatic rings. The molecule has 0 radical (unpaired) electrons. The number of aryl methyl sites for hydroxylation is 1. The largest absolute Gasteiger partial charge is 0.397 e. The zero-order valence-corrected chi connectivity index (χ0v) is 12.3. The van der Waals surface area contributed by atoms with Crippen LogP contribution >= 0.6 is 0 Å². The van der Waals surface area contributed by atoms with Gasteiger partial charge in [0.25, 0.3) is 10.0 Å². The first-order valence-corrected chi connectivity index (χ1v) is 7.54. The Kier molecular flexibility index (Phi) is 3.87. The van der Waals surface area contributed by atoms with Gasteiger partial charge in [-0.1, -0.05) is 6.07 Å². The number of anilines is 2. The average Bonchev–Trinajstić information content (AvgIpc) is 2.42. The first kappa shape index (κ1) is 15.2. The van der Waals surface area contributed by atoms with E-state index in [0.717, 1.165) is 17.7 Å². The lowest BCUT2D eigenvalue weighted by atomic mass is 10.1. The predicted octanol–water partition coefficient (Wildman–Crippen LogP) is 2.96. The van der Waals surface area contributed by atoms with Crippen LogP contribution in [0.25, 0.3) is 0 Å². The molecule has 0 fully saturated rings. The van der Waals surface area contributed by atoms with Gasteiger partial charge in [0.1, 0.15) is 0 Å². The minimum absolute atomic E-state index is 0.236. The number of hydrogen-bond acceptors (Lipinski definition) is 3. The van der Waals surface area contributed by atoms with Gasteiger partial charge in [0, 0.05) is 0 Å². The van der Waals surface area contributed by atoms with Crippen molar-refractivity contribution in [1.82, 2.24) is 0 Å². The fourth-order valence-electron chi connectivity index (χ4n) is 1.81. The molecule has 21 heavy (non-hydrogen) atoms. The molecule has 0 amide bonds. The van der Waals surface area contributed by atoms with Crippen LogP contribution < -0.4 is 10.5 Å². The molecular weight excluding hydrogens is 298 g/mol. The van der Waals surface area contributed by atoms with E-state index < -0.39 is 21.7 Å². The summed E-state index contributed by atoms with van der Waals surface area (Å²) in [6.45, 7) is 3.53. The highest BCUT2D eigenvalue weighted by atomic mass is 32.2. The van der Waals surface area contributed by atoms with Gasteiger partial charge in [-0.25, -0.2) is 17.2 Å². The highest BCUT2D eigenvalue weighted by Crippen LogP contribution is 2.28. The molecule has 0 saturated heterocycles. The van der Waals surface area contributed by atoms with Crippen molar-refractivity contribution in [3.63, 3.8) is 0 Å². The van der Waals surface area contributed by atoms with Gasteiger partial charge >= 0.3 is 0 Å². The Bertz CT molecular complexity index is 805. The summed E-state index contributed by atoms with van der Waals surface area (Å²) < 4.78 is 52.8. The van der Waals surface area contributed by atoms with E-state index in [-0.39, 0.29) is 16.3 Å². The summed E-state index contributed by atoms with van der Waals surface area (Å²) in [6.07, 6.45) is 0. The quantitative estimate of drug-likeness (QED) is 0.856. The molecule has 0 heterocycles. The second-order valence-electron chi connectivity index (χ2n) is 4.65. The van der Waals surface area contributed by atoms with E-state index in [0.29, 0.717) is 11.6 Å². The van der Waals surface area contributed by atoms with Gasteiger partial charge in [-0.05, 0) is 49.2 Å². The van der Waals surface area contributed by atoms with Crippen LogP contribution in [0.5, 0.6) is 0 Å². The molecule has 0 bridgehead atoms. The van der Waals surface area contributed by atoms with Gasteiger partial charge in [0.2, 0.25) is 0 Å². The average molecular weight is 312 g/mol. The lowest BCUT2D eigenvalue weighted by Crippen LogP contribution is -2.16. The summed E-state index contributed by atoms with van der Waals surface area (Å²) in [4.78, 5) is -0.373. The van der Waals surface area contributed by atoms with E-state index in [1.807, 2.05) is 6.92 Å². The summed E-state index contributed by atoms with van der Waals surface area (Å²) in [5.41, 5.74) is 7.78. The molecule has 112 valence electrons. The van der Waals surface area contributed by atoms with Crippen molar-refractivity contribution in [2.75, 3.05) is 10.5 Å². The second-order valence-corrected chi connectivity index (χ2v) is 6.34. The Hall–Kier alpha value is -2.15. The number of nitrogen functional groups attached to an aromatic ring is 1. The Morgan fingerprint density at radius 1 is 1.05 bits per heavy atom. The summed E-state index contributed by atoms with van der Waals surface area (Å²) in [5.74, 6) is -2.34. The molecule has 4 nitrogen and oxygen atoms in total. The third-order valence-electron chi connectivity index (χ3n) is 3.21. The normalized spacial score (nSPS) is 11.4. The minimum atomic E-state index is -4.05. The van der Waals surface area contributed by atoms with Crippen LogP contribution in [0.1, 0.15) is 11.1 Å². The second kappa shape index (κ2) is 5.33. The van der Waals surface area contributed by atoms with Crippen LogP contribution in [0.3, 0.4) is 0 Å². The minimum Gasteiger partial charge on any atom is -0.397 e. The summed E-state index contributed by atoms with van der Waals surface area (Å²) in [6, 6.07) is 5.71. The van der Waals surface area contributed by atoms with Gasteiger partial charge in [0.15, 0.2) is 11.6 Å². The smallest absolute Gasteiger partial charge is 0.262 e. The molecule has 0 spiro atoms. The topological polar surface area (TPSA) is 72.2 Å². The van der Waals surface area contributed by atoms with Crippen molar-refractivity contribution >= 4 is 21.4 Å². The van der Waals surface area contributed by atoms with Crippen LogP contribution in [0.15, 0.2) is 35.2 Å². The Morgan fingerprint density at radius 2 is 1.71 bits per heavy atom. The number of nitrogens with one attached hydrogen (secondary N) is 1. The molecular formula is C14H14F2N2O2S. The van der Waals surface area contributed by atoms with Gasteiger partial charge in [-0.2, -0.15) is 0 Å². The zero-order valence-electron chi connectivity index (χ0n) is 11.4. The zero-order chi connectivity index (χ0) is 15.8. The van der Waals surface area contributed by atoms with Crippen molar-refractivity contribution in [3.8, 4) is 0 Å². The lowest BCUT2D eigenvalue weighted by molar-refractivity contribution is 0.504. The van der Waals surface area contributed by atoms with E-state index in [4.69, 9.17) is 5.73 Å². The van der Waals surface area contributed by atoms with Crippen LogP contribution in [0.4, 0.5) is 20.2 Å². The molecule has 7 heteroatoms. The third-order valence-corrected chi connectivity index (χ3v) is 4.55. The molecule has 0 saturated carbocycles. The molecule has 2 aromatic carbocycles. The maximum Gasteiger partial charge on any atom is 0.262 e. The Labute approximate surface area is 121 Å². The van der Waals surface area contributed by atoms with Crippen molar-refractivity contribution in [3.05, 3.63) is 53.1 Å². The third kappa shape index (κ3) is 2.97. The molecule has 0 aliphatic heterocycles. The molecule has 0 aliphatic rings. The standard InChI is InChI=1S/C14H14F2N2O2S/c1-8-3-6-13(17)14(9(8)2)18-21(19,20)10-4-5-11(15)12(16)7-10/h3-7,18H,17H2,1-2H3. The van der Waals surface area contributed by atoms with Crippen molar-refractivity contribution < 1.29 is 17.2 Å². The maximum absolute atomic E-state index is 13.2. The Morgan fingerprint density at radius 3 is 2.33 bits per heavy atom. The van der Waals surface area contributed by atoms with Crippen LogP contribution in [0.2, 0.25) is 0 Å². The molecule has 0 aliphatic carbocycles. The molecule has 3 N–H and O–H groups in total. The number of halogens is 2. The van der Waals surface area contributed by atoms with Crippen LogP contribution in [-0.4, -0.2) is 8.42 Å². The van der Waals surface area contributed by atoms with Crippen LogP contribution in [0, 0.1) is 25.5 Å². The van der Waals surface area contributed by atoms with Gasteiger partial charge in [-0.15, -0.1) is 0 Å². The number of hydrogen-bond donors (Lipinski definition) is 2. The molecule has 0 atom stereocenters. The number of benzene rings is 2. The van der Waals surface area contributed by atoms with Gasteiger partial charge < -0.3 is 5.73 Å². The van der Waals surface area contributed by atoms with E-state index >= 15 is 0 Å². The fraction of sp³-hybridized carbons (Fsp3) is 0.143. The van der Waals surface area contributed by atoms with Gasteiger partial charge in [0.05, 0.1) is 16.3 Å². The van der Waals surface area contributed by atoms with Crippen molar-refractivity contribution in [2.45, 2.75) is 18.7 Å².